The minimum absolute atomic E-state index is 0.116. The number of hydrogen-bond donors (Lipinski definition) is 2. The number of fused-ring (bicyclic) bond motifs is 5. The summed E-state index contributed by atoms with van der Waals surface area (Å²) in [5, 5.41) is 20.9. The Morgan fingerprint density at radius 3 is 2.21 bits per heavy atom. The predicted molar refractivity (Wildman–Crippen MR) is 149 cm³/mol. The standard InChI is InChI=1S/C32H39F12NO2/c1-27-17-19(26-21-10-8-20(46)16-18(21)7-9-22(26)23(27)11-12-25(27)47)6-4-3-5-14-45(2)15-13-24(33)28(34,35)29(36,37)30(38,39)31(40,41)32(42,43)44/h8,10,13,16,19,22-23,25-26,46-47H,3-7,9,11-12,14-15,17H2,1-2H3/t19-,22-,23-,25-,26+,27-/m0/s1. The summed E-state index contributed by atoms with van der Waals surface area (Å²) in [5.74, 6) is -31.1. The van der Waals surface area contributed by atoms with Crippen molar-refractivity contribution in [1.29, 1.82) is 0 Å². The van der Waals surface area contributed by atoms with Crippen LogP contribution in [-0.2, 0) is 6.42 Å². The summed E-state index contributed by atoms with van der Waals surface area (Å²) in [6.07, 6.45) is -1.09. The van der Waals surface area contributed by atoms with Gasteiger partial charge in [0.15, 0.2) is 5.83 Å². The quantitative estimate of drug-likeness (QED) is 0.169. The molecule has 0 unspecified atom stereocenters. The van der Waals surface area contributed by atoms with Crippen molar-refractivity contribution >= 4 is 0 Å². The van der Waals surface area contributed by atoms with Gasteiger partial charge in [-0.15, -0.1) is 0 Å². The second kappa shape index (κ2) is 12.9. The summed E-state index contributed by atoms with van der Waals surface area (Å²) in [6.45, 7) is 1.42. The number of benzene rings is 1. The lowest BCUT2D eigenvalue weighted by Gasteiger charge is -2.54. The van der Waals surface area contributed by atoms with Gasteiger partial charge in [-0.3, -0.25) is 0 Å². The number of allylic oxidation sites excluding steroid dienone is 1. The summed E-state index contributed by atoms with van der Waals surface area (Å²) < 4.78 is 159. The van der Waals surface area contributed by atoms with Crippen LogP contribution in [0.15, 0.2) is 30.1 Å². The fraction of sp³-hybridized carbons (Fsp3) is 0.750. The van der Waals surface area contributed by atoms with Crippen LogP contribution < -0.4 is 0 Å². The summed E-state index contributed by atoms with van der Waals surface area (Å²) in [4.78, 5) is 1.18. The van der Waals surface area contributed by atoms with Gasteiger partial charge >= 0.3 is 29.9 Å². The number of nitrogens with zero attached hydrogens (tertiary/aromatic N) is 1. The Labute approximate surface area is 265 Å². The van der Waals surface area contributed by atoms with E-state index in [1.54, 1.807) is 12.1 Å². The number of unbranched alkanes of at least 4 members (excludes halogenated alkanes) is 2. The fourth-order valence-corrected chi connectivity index (χ4v) is 8.27. The van der Waals surface area contributed by atoms with Crippen LogP contribution in [-0.4, -0.2) is 71.2 Å². The molecule has 0 bridgehead atoms. The minimum atomic E-state index is -7.66. The maximum absolute atomic E-state index is 14.0. The largest absolute Gasteiger partial charge is 0.508 e. The Morgan fingerprint density at radius 2 is 1.57 bits per heavy atom. The number of aliphatic hydroxyl groups excluding tert-OH is 1. The van der Waals surface area contributed by atoms with E-state index in [0.717, 1.165) is 50.5 Å². The summed E-state index contributed by atoms with van der Waals surface area (Å²) in [7, 11) is 1.27. The highest BCUT2D eigenvalue weighted by Crippen LogP contribution is 2.64. The summed E-state index contributed by atoms with van der Waals surface area (Å²) in [6, 6.07) is 5.46. The van der Waals surface area contributed by atoms with Gasteiger partial charge in [0, 0.05) is 6.54 Å². The normalized spacial score (nSPS) is 29.1. The lowest BCUT2D eigenvalue weighted by atomic mass is 9.51. The molecule has 0 heterocycles. The molecule has 6 atom stereocenters. The molecule has 268 valence electrons. The predicted octanol–water partition coefficient (Wildman–Crippen LogP) is 9.28. The van der Waals surface area contributed by atoms with E-state index in [4.69, 9.17) is 0 Å². The van der Waals surface area contributed by atoms with Crippen LogP contribution in [0.4, 0.5) is 52.7 Å². The van der Waals surface area contributed by atoms with E-state index in [-0.39, 0.29) is 35.6 Å². The summed E-state index contributed by atoms with van der Waals surface area (Å²) >= 11 is 0. The van der Waals surface area contributed by atoms with Crippen LogP contribution in [0.1, 0.15) is 75.3 Å². The zero-order valence-corrected chi connectivity index (χ0v) is 25.9. The maximum atomic E-state index is 14.0. The van der Waals surface area contributed by atoms with Gasteiger partial charge in [-0.05, 0) is 117 Å². The molecular formula is C32H39F12NO2. The first-order chi connectivity index (χ1) is 21.5. The van der Waals surface area contributed by atoms with Gasteiger partial charge < -0.3 is 15.1 Å². The van der Waals surface area contributed by atoms with E-state index in [1.807, 2.05) is 6.07 Å². The number of alkyl halides is 11. The molecule has 3 aliphatic rings. The van der Waals surface area contributed by atoms with E-state index in [0.29, 0.717) is 24.7 Å². The minimum Gasteiger partial charge on any atom is -0.508 e. The van der Waals surface area contributed by atoms with Crippen molar-refractivity contribution in [3.8, 4) is 5.75 Å². The van der Waals surface area contributed by atoms with Crippen molar-refractivity contribution in [1.82, 2.24) is 4.90 Å². The number of aromatic hydroxyl groups is 1. The van der Waals surface area contributed by atoms with Gasteiger partial charge in [0.2, 0.25) is 0 Å². The van der Waals surface area contributed by atoms with Crippen LogP contribution in [0, 0.1) is 23.2 Å². The maximum Gasteiger partial charge on any atom is 0.460 e. The van der Waals surface area contributed by atoms with Gasteiger partial charge in [0.25, 0.3) is 0 Å². The van der Waals surface area contributed by atoms with Crippen LogP contribution in [0.3, 0.4) is 0 Å². The van der Waals surface area contributed by atoms with Crippen molar-refractivity contribution in [3.05, 3.63) is 41.2 Å². The molecule has 0 amide bonds. The molecule has 3 aliphatic carbocycles. The van der Waals surface area contributed by atoms with Crippen molar-refractivity contribution in [2.45, 2.75) is 107 Å². The molecule has 4 rings (SSSR count). The van der Waals surface area contributed by atoms with Crippen molar-refractivity contribution in [2.75, 3.05) is 20.1 Å². The zero-order chi connectivity index (χ0) is 35.4. The molecule has 2 fully saturated rings. The van der Waals surface area contributed by atoms with Crippen molar-refractivity contribution in [3.63, 3.8) is 0 Å². The fourth-order valence-electron chi connectivity index (χ4n) is 8.27. The molecule has 1 aromatic rings. The number of phenols is 1. The highest BCUT2D eigenvalue weighted by Gasteiger charge is 2.87. The molecule has 3 nitrogen and oxygen atoms in total. The van der Waals surface area contributed by atoms with Crippen LogP contribution in [0.5, 0.6) is 5.75 Å². The van der Waals surface area contributed by atoms with Crippen LogP contribution >= 0.6 is 0 Å². The van der Waals surface area contributed by atoms with E-state index >= 15 is 0 Å². The SMILES string of the molecule is CN(CC=C(F)C(F)(F)C(F)(F)C(F)(F)C(F)(F)C(F)(F)F)CCCCC[C@H]1C[C@]2(C)[C@@H](O)CC[C@H]2[C@@H]2CCc3cc(O)ccc3[C@@H]12. The van der Waals surface area contributed by atoms with Gasteiger partial charge in [0.1, 0.15) is 5.75 Å². The molecule has 0 spiro atoms. The first-order valence-electron chi connectivity index (χ1n) is 15.6. The number of phenolic OH excluding ortho intramolecular Hbond substituents is 1. The average Bonchev–Trinajstić information content (AvgIpc) is 3.27. The van der Waals surface area contributed by atoms with E-state index in [1.165, 1.54) is 17.5 Å². The first kappa shape index (κ1) is 37.7. The van der Waals surface area contributed by atoms with E-state index in [2.05, 4.69) is 6.92 Å². The van der Waals surface area contributed by atoms with Gasteiger partial charge in [-0.2, -0.15) is 48.3 Å². The Bertz CT molecular complexity index is 1300. The van der Waals surface area contributed by atoms with Gasteiger partial charge in [0.05, 0.1) is 6.10 Å². The molecule has 0 radical (unpaired) electrons. The molecule has 1 aromatic carbocycles. The Hall–Kier alpha value is -2.16. The molecular weight excluding hydrogens is 658 g/mol. The smallest absolute Gasteiger partial charge is 0.460 e. The molecule has 47 heavy (non-hydrogen) atoms. The Balaban J connectivity index is 1.34. The molecule has 0 aliphatic heterocycles. The third-order valence-corrected chi connectivity index (χ3v) is 10.8. The lowest BCUT2D eigenvalue weighted by Crippen LogP contribution is -2.66. The van der Waals surface area contributed by atoms with Gasteiger partial charge in [-0.1, -0.05) is 25.8 Å². The number of aliphatic hydroxyl groups is 1. The number of likely N-dealkylation sites (N-methyl/N-ethyl adjacent to an activating group) is 1. The monoisotopic (exact) mass is 697 g/mol. The van der Waals surface area contributed by atoms with Crippen molar-refractivity contribution in [2.24, 2.45) is 23.2 Å². The lowest BCUT2D eigenvalue weighted by molar-refractivity contribution is -0.419. The van der Waals surface area contributed by atoms with Crippen LogP contribution in [0.25, 0.3) is 0 Å². The van der Waals surface area contributed by atoms with E-state index < -0.39 is 48.3 Å². The number of rotatable bonds is 12. The van der Waals surface area contributed by atoms with Gasteiger partial charge in [-0.25, -0.2) is 4.39 Å². The van der Waals surface area contributed by atoms with Crippen LogP contribution in [0.2, 0.25) is 0 Å². The molecule has 0 aromatic heterocycles. The molecule has 2 saturated carbocycles. The van der Waals surface area contributed by atoms with E-state index in [9.17, 15) is 62.9 Å². The Morgan fingerprint density at radius 1 is 0.915 bits per heavy atom. The highest BCUT2D eigenvalue weighted by molar-refractivity contribution is 5.40. The topological polar surface area (TPSA) is 43.7 Å². The summed E-state index contributed by atoms with van der Waals surface area (Å²) in [5.41, 5.74) is 2.10. The molecule has 2 N–H and O–H groups in total. The molecule has 0 saturated heterocycles. The first-order valence-corrected chi connectivity index (χ1v) is 15.6. The number of aryl methyl sites for hydroxylation is 1. The van der Waals surface area contributed by atoms with Crippen molar-refractivity contribution < 1.29 is 62.9 Å². The zero-order valence-electron chi connectivity index (χ0n) is 25.9. The molecule has 15 heteroatoms. The average molecular weight is 698 g/mol. The Kier molecular flexibility index (Phi) is 10.4. The highest BCUT2D eigenvalue weighted by atomic mass is 19.4. The third-order valence-electron chi connectivity index (χ3n) is 10.8. The second-order valence-corrected chi connectivity index (χ2v) is 13.7. The third kappa shape index (κ3) is 6.48. The number of hydrogen-bond acceptors (Lipinski definition) is 3. The second-order valence-electron chi connectivity index (χ2n) is 13.7. The number of halogens is 12.